The number of nitrogens with zero attached hydrogens (tertiary/aromatic N) is 2. The van der Waals surface area contributed by atoms with Crippen LogP contribution in [-0.4, -0.2) is 52.6 Å². The molecule has 2 unspecified atom stereocenters. The van der Waals surface area contributed by atoms with Crippen LogP contribution in [-0.2, 0) is 9.59 Å². The molecule has 2 atom stereocenters. The second-order valence-electron chi connectivity index (χ2n) is 12.6. The van der Waals surface area contributed by atoms with E-state index in [2.05, 4.69) is 27.2 Å². The number of hydrogen-bond acceptors (Lipinski definition) is 5. The van der Waals surface area contributed by atoms with Crippen LogP contribution in [0.25, 0.3) is 12.2 Å². The van der Waals surface area contributed by atoms with Crippen LogP contribution in [0, 0.1) is 17.3 Å². The van der Waals surface area contributed by atoms with Crippen LogP contribution in [0.5, 0.6) is 0 Å². The zero-order valence-electron chi connectivity index (χ0n) is 25.1. The van der Waals surface area contributed by atoms with Gasteiger partial charge < -0.3 is 25.6 Å². The summed E-state index contributed by atoms with van der Waals surface area (Å²) in [6.07, 6.45) is 11.1. The number of aromatic nitrogens is 2. The maximum atomic E-state index is 13.3. The molecule has 2 aromatic rings. The van der Waals surface area contributed by atoms with E-state index in [4.69, 9.17) is 0 Å². The van der Waals surface area contributed by atoms with Crippen LogP contribution in [0.15, 0.2) is 36.9 Å². The second kappa shape index (κ2) is 13.5. The summed E-state index contributed by atoms with van der Waals surface area (Å²) in [7, 11) is 0. The molecule has 1 saturated carbocycles. The first-order valence-electron chi connectivity index (χ1n) is 15.1. The van der Waals surface area contributed by atoms with Gasteiger partial charge in [0, 0.05) is 37.2 Å². The summed E-state index contributed by atoms with van der Waals surface area (Å²) in [6, 6.07) is 8.28. The number of allylic oxidation sites excluding steroid dienone is 1. The number of hydrogen-bond donors (Lipinski definition) is 4. The van der Waals surface area contributed by atoms with Crippen LogP contribution in [0.1, 0.15) is 89.1 Å². The highest BCUT2D eigenvalue weighted by molar-refractivity contribution is 5.95. The van der Waals surface area contributed by atoms with Gasteiger partial charge in [0.1, 0.15) is 0 Å². The molecule has 1 aliphatic carbocycles. The first kappa shape index (κ1) is 30.6. The Morgan fingerprint density at radius 2 is 1.95 bits per heavy atom. The number of imidazole rings is 1. The molecule has 0 bridgehead atoms. The smallest absolute Gasteiger partial charge is 0.307 e. The van der Waals surface area contributed by atoms with E-state index in [-0.39, 0.29) is 11.8 Å². The SMILES string of the molecule is C=Cc1nc(NC2CCC(CNCCN3C(=O)CCC(C(C(=O)O)C(C)(C)C)c4ccccc43)CC2)[nH]c1/C=C\C. The summed E-state index contributed by atoms with van der Waals surface area (Å²) in [6.45, 7) is 14.0. The Labute approximate surface area is 244 Å². The summed E-state index contributed by atoms with van der Waals surface area (Å²) >= 11 is 0. The average molecular weight is 562 g/mol. The lowest BCUT2D eigenvalue weighted by Crippen LogP contribution is -2.38. The maximum absolute atomic E-state index is 13.3. The highest BCUT2D eigenvalue weighted by Gasteiger charge is 2.41. The standard InChI is InChI=1S/C33H47N5O3/c1-6-10-27-26(7-2)36-32(37-27)35-23-15-13-22(14-16-23)21-34-19-20-38-28-12-9-8-11-24(28)25(17-18-29(38)39)30(31(40)41)33(3,4)5/h6-12,22-23,25,30,34H,2,13-21H2,1,3-5H3,(H,40,41)(H2,35,36,37)/b10-6-. The average Bonchev–Trinajstić information content (AvgIpc) is 3.26. The lowest BCUT2D eigenvalue weighted by atomic mass is 9.69. The zero-order valence-corrected chi connectivity index (χ0v) is 25.1. The number of carboxylic acids is 1. The van der Waals surface area contributed by atoms with Crippen LogP contribution in [0.3, 0.4) is 0 Å². The maximum Gasteiger partial charge on any atom is 0.307 e. The van der Waals surface area contributed by atoms with E-state index in [0.29, 0.717) is 37.9 Å². The third-order valence-corrected chi connectivity index (χ3v) is 8.62. The monoisotopic (exact) mass is 561 g/mol. The fourth-order valence-corrected chi connectivity index (χ4v) is 6.61. The number of para-hydroxylation sites is 1. The van der Waals surface area contributed by atoms with Crippen molar-refractivity contribution in [1.29, 1.82) is 0 Å². The van der Waals surface area contributed by atoms with Crippen molar-refractivity contribution in [3.8, 4) is 0 Å². The van der Waals surface area contributed by atoms with Gasteiger partial charge in [-0.25, -0.2) is 4.98 Å². The van der Waals surface area contributed by atoms with Gasteiger partial charge in [-0.05, 0) is 80.7 Å². The molecule has 222 valence electrons. The van der Waals surface area contributed by atoms with Gasteiger partial charge in [-0.1, -0.05) is 51.6 Å². The Balaban J connectivity index is 1.29. The van der Waals surface area contributed by atoms with Crippen LogP contribution in [0.4, 0.5) is 11.6 Å². The number of aromatic amines is 1. The highest BCUT2D eigenvalue weighted by Crippen LogP contribution is 2.45. The molecule has 0 radical (unpaired) electrons. The molecule has 8 heteroatoms. The van der Waals surface area contributed by atoms with Gasteiger partial charge in [-0.3, -0.25) is 9.59 Å². The molecule has 41 heavy (non-hydrogen) atoms. The van der Waals surface area contributed by atoms with E-state index in [1.807, 2.05) is 69.0 Å². The number of benzene rings is 1. The number of nitrogens with one attached hydrogen (secondary N) is 3. The number of carbonyl (C=O) groups is 2. The molecule has 4 rings (SSSR count). The molecule has 1 aromatic heterocycles. The number of carboxylic acid groups (broad SMARTS) is 1. The summed E-state index contributed by atoms with van der Waals surface area (Å²) in [5, 5.41) is 17.3. The predicted molar refractivity (Wildman–Crippen MR) is 167 cm³/mol. The van der Waals surface area contributed by atoms with Crippen LogP contribution in [0.2, 0.25) is 0 Å². The molecule has 1 aromatic carbocycles. The summed E-state index contributed by atoms with van der Waals surface area (Å²) < 4.78 is 0. The number of rotatable bonds is 11. The lowest BCUT2D eigenvalue weighted by Gasteiger charge is -2.34. The van der Waals surface area contributed by atoms with Crippen molar-refractivity contribution in [2.75, 3.05) is 29.9 Å². The number of anilines is 2. The number of aliphatic carboxylic acids is 1. The van der Waals surface area contributed by atoms with Crippen LogP contribution >= 0.6 is 0 Å². The Morgan fingerprint density at radius 1 is 1.22 bits per heavy atom. The van der Waals surface area contributed by atoms with Crippen molar-refractivity contribution in [3.63, 3.8) is 0 Å². The molecule has 0 saturated heterocycles. The summed E-state index contributed by atoms with van der Waals surface area (Å²) in [4.78, 5) is 35.4. The molecule has 1 amide bonds. The van der Waals surface area contributed by atoms with Gasteiger partial charge in [0.05, 0.1) is 17.3 Å². The predicted octanol–water partition coefficient (Wildman–Crippen LogP) is 6.30. The first-order chi connectivity index (χ1) is 19.6. The van der Waals surface area contributed by atoms with Gasteiger partial charge in [0.15, 0.2) is 0 Å². The molecule has 2 aliphatic rings. The van der Waals surface area contributed by atoms with Crippen molar-refractivity contribution < 1.29 is 14.7 Å². The Morgan fingerprint density at radius 3 is 2.61 bits per heavy atom. The van der Waals surface area contributed by atoms with E-state index in [1.54, 1.807) is 6.08 Å². The molecule has 8 nitrogen and oxygen atoms in total. The van der Waals surface area contributed by atoms with Crippen LogP contribution < -0.4 is 15.5 Å². The van der Waals surface area contributed by atoms with Gasteiger partial charge in [-0.2, -0.15) is 0 Å². The number of fused-ring (bicyclic) bond motifs is 1. The number of carbonyl (C=O) groups excluding carboxylic acids is 1. The quantitative estimate of drug-likeness (QED) is 0.240. The topological polar surface area (TPSA) is 110 Å². The lowest BCUT2D eigenvalue weighted by molar-refractivity contribution is -0.147. The van der Waals surface area contributed by atoms with E-state index < -0.39 is 17.3 Å². The largest absolute Gasteiger partial charge is 0.481 e. The van der Waals surface area contributed by atoms with Gasteiger partial charge in [0.25, 0.3) is 0 Å². The molecular weight excluding hydrogens is 514 g/mol. The summed E-state index contributed by atoms with van der Waals surface area (Å²) in [5.74, 6) is -0.0850. The normalized spacial score (nSPS) is 22.3. The fourth-order valence-electron chi connectivity index (χ4n) is 6.61. The zero-order chi connectivity index (χ0) is 29.6. The minimum atomic E-state index is -0.797. The molecule has 1 fully saturated rings. The van der Waals surface area contributed by atoms with Crippen molar-refractivity contribution >= 4 is 35.7 Å². The number of amides is 1. The first-order valence-corrected chi connectivity index (χ1v) is 15.1. The van der Waals surface area contributed by atoms with E-state index >= 15 is 0 Å². The molecule has 4 N–H and O–H groups in total. The minimum Gasteiger partial charge on any atom is -0.481 e. The second-order valence-corrected chi connectivity index (χ2v) is 12.6. The van der Waals surface area contributed by atoms with E-state index in [1.165, 1.54) is 0 Å². The van der Waals surface area contributed by atoms with Gasteiger partial charge in [-0.15, -0.1) is 0 Å². The van der Waals surface area contributed by atoms with Gasteiger partial charge in [0.2, 0.25) is 11.9 Å². The van der Waals surface area contributed by atoms with E-state index in [9.17, 15) is 14.7 Å². The van der Waals surface area contributed by atoms with Crippen molar-refractivity contribution in [2.24, 2.45) is 17.3 Å². The molecule has 1 aliphatic heterocycles. The van der Waals surface area contributed by atoms with E-state index in [0.717, 1.165) is 60.8 Å². The van der Waals surface area contributed by atoms with Gasteiger partial charge >= 0.3 is 5.97 Å². The Bertz CT molecular complexity index is 1240. The molecule has 0 spiro atoms. The third-order valence-electron chi connectivity index (χ3n) is 8.62. The van der Waals surface area contributed by atoms with Crippen molar-refractivity contribution in [1.82, 2.24) is 15.3 Å². The third kappa shape index (κ3) is 7.47. The van der Waals surface area contributed by atoms with Crippen molar-refractivity contribution in [3.05, 3.63) is 53.9 Å². The Kier molecular flexibility index (Phi) is 10.1. The Hall–Kier alpha value is -3.39. The molecule has 2 heterocycles. The summed E-state index contributed by atoms with van der Waals surface area (Å²) in [5.41, 5.74) is 3.25. The van der Waals surface area contributed by atoms with Crippen molar-refractivity contribution in [2.45, 2.75) is 78.2 Å². The minimum absolute atomic E-state index is 0.0708. The highest BCUT2D eigenvalue weighted by atomic mass is 16.4. The number of H-pyrrole nitrogens is 1. The fraction of sp³-hybridized carbons (Fsp3) is 0.545. The molecular formula is C33H47N5O3.